The SMILES string of the molecule is COc1cccc2cc(C(=O)O)oc12.O=C(O)C1c2ccccc2Oc2ccccc21. The summed E-state index contributed by atoms with van der Waals surface area (Å²) >= 11 is 0. The lowest BCUT2D eigenvalue weighted by Gasteiger charge is -2.25. The van der Waals surface area contributed by atoms with Crippen molar-refractivity contribution < 1.29 is 33.7 Å². The van der Waals surface area contributed by atoms with Crippen molar-refractivity contribution in [1.29, 1.82) is 0 Å². The van der Waals surface area contributed by atoms with Gasteiger partial charge in [0.15, 0.2) is 11.3 Å². The number of para-hydroxylation sites is 3. The summed E-state index contributed by atoms with van der Waals surface area (Å²) in [5, 5.41) is 18.8. The van der Waals surface area contributed by atoms with Crippen LogP contribution in [-0.4, -0.2) is 29.3 Å². The van der Waals surface area contributed by atoms with E-state index in [4.69, 9.17) is 19.0 Å². The Morgan fingerprint density at radius 1 is 0.871 bits per heavy atom. The van der Waals surface area contributed by atoms with Crippen LogP contribution in [0.5, 0.6) is 17.2 Å². The molecule has 3 aromatic carbocycles. The van der Waals surface area contributed by atoms with Gasteiger partial charge in [0, 0.05) is 16.5 Å². The number of aliphatic carboxylic acids is 1. The van der Waals surface area contributed by atoms with Crippen molar-refractivity contribution in [3.63, 3.8) is 0 Å². The molecule has 0 saturated carbocycles. The predicted octanol–water partition coefficient (Wildman–Crippen LogP) is 5.15. The molecular formula is C24H18O7. The first-order chi connectivity index (χ1) is 15.0. The van der Waals surface area contributed by atoms with Crippen LogP contribution in [0.15, 0.2) is 77.2 Å². The quantitative estimate of drug-likeness (QED) is 0.474. The third-order valence-electron chi connectivity index (χ3n) is 4.87. The molecule has 0 fully saturated rings. The maximum absolute atomic E-state index is 11.4. The Morgan fingerprint density at radius 2 is 1.48 bits per heavy atom. The molecule has 0 spiro atoms. The summed E-state index contributed by atoms with van der Waals surface area (Å²) < 4.78 is 15.9. The number of methoxy groups -OCH3 is 1. The largest absolute Gasteiger partial charge is 0.493 e. The van der Waals surface area contributed by atoms with Gasteiger partial charge in [-0.05, 0) is 24.3 Å². The molecule has 7 nitrogen and oxygen atoms in total. The first-order valence-electron chi connectivity index (χ1n) is 9.38. The van der Waals surface area contributed by atoms with Crippen molar-refractivity contribution in [1.82, 2.24) is 0 Å². The number of furan rings is 1. The van der Waals surface area contributed by atoms with Gasteiger partial charge in [0.1, 0.15) is 17.4 Å². The minimum atomic E-state index is -1.08. The van der Waals surface area contributed by atoms with Gasteiger partial charge in [-0.15, -0.1) is 0 Å². The highest BCUT2D eigenvalue weighted by Crippen LogP contribution is 2.43. The zero-order valence-electron chi connectivity index (χ0n) is 16.4. The molecule has 2 heterocycles. The van der Waals surface area contributed by atoms with Gasteiger partial charge in [-0.25, -0.2) is 4.79 Å². The Balaban J connectivity index is 0.000000152. The molecule has 4 aromatic rings. The Morgan fingerprint density at radius 3 is 2.03 bits per heavy atom. The molecule has 1 aromatic heterocycles. The van der Waals surface area contributed by atoms with E-state index in [9.17, 15) is 14.7 Å². The number of hydrogen-bond donors (Lipinski definition) is 2. The molecule has 1 aliphatic heterocycles. The van der Waals surface area contributed by atoms with Crippen molar-refractivity contribution in [3.05, 3.63) is 89.7 Å². The molecule has 0 saturated heterocycles. The number of fused-ring (bicyclic) bond motifs is 3. The Bertz CT molecular complexity index is 1230. The van der Waals surface area contributed by atoms with Crippen LogP contribution in [-0.2, 0) is 4.79 Å². The molecule has 0 unspecified atom stereocenters. The van der Waals surface area contributed by atoms with Gasteiger partial charge in [-0.2, -0.15) is 0 Å². The lowest BCUT2D eigenvalue weighted by molar-refractivity contribution is -0.137. The number of carboxylic acids is 2. The van der Waals surface area contributed by atoms with E-state index in [1.54, 1.807) is 42.5 Å². The van der Waals surface area contributed by atoms with Gasteiger partial charge in [0.25, 0.3) is 0 Å². The molecule has 7 heteroatoms. The van der Waals surface area contributed by atoms with Crippen LogP contribution < -0.4 is 9.47 Å². The number of ether oxygens (including phenoxy) is 2. The summed E-state index contributed by atoms with van der Waals surface area (Å²) in [6, 6.07) is 21.2. The molecule has 156 valence electrons. The van der Waals surface area contributed by atoms with E-state index in [-0.39, 0.29) is 5.76 Å². The third-order valence-corrected chi connectivity index (χ3v) is 4.87. The average Bonchev–Trinajstić information content (AvgIpc) is 3.22. The van der Waals surface area contributed by atoms with Crippen LogP contribution in [0.25, 0.3) is 11.0 Å². The van der Waals surface area contributed by atoms with Gasteiger partial charge in [-0.3, -0.25) is 4.79 Å². The molecule has 31 heavy (non-hydrogen) atoms. The Labute approximate surface area is 177 Å². The van der Waals surface area contributed by atoms with Gasteiger partial charge >= 0.3 is 11.9 Å². The minimum Gasteiger partial charge on any atom is -0.493 e. The smallest absolute Gasteiger partial charge is 0.371 e. The van der Waals surface area contributed by atoms with Crippen molar-refractivity contribution in [3.8, 4) is 17.2 Å². The van der Waals surface area contributed by atoms with Crippen molar-refractivity contribution in [2.24, 2.45) is 0 Å². The van der Waals surface area contributed by atoms with E-state index in [1.165, 1.54) is 13.2 Å². The summed E-state index contributed by atoms with van der Waals surface area (Å²) in [5.41, 5.74) is 1.88. The Hall–Kier alpha value is -4.26. The zero-order chi connectivity index (χ0) is 22.0. The molecule has 0 amide bonds. The highest BCUT2D eigenvalue weighted by Gasteiger charge is 2.31. The first-order valence-corrected chi connectivity index (χ1v) is 9.38. The van der Waals surface area contributed by atoms with Gasteiger partial charge in [0.05, 0.1) is 7.11 Å². The topological polar surface area (TPSA) is 106 Å². The van der Waals surface area contributed by atoms with E-state index in [2.05, 4.69) is 0 Å². The summed E-state index contributed by atoms with van der Waals surface area (Å²) in [6.45, 7) is 0. The van der Waals surface area contributed by atoms with Crippen LogP contribution in [0, 0.1) is 0 Å². The van der Waals surface area contributed by atoms with Crippen molar-refractivity contribution >= 4 is 22.9 Å². The standard InChI is InChI=1S/C14H10O3.C10H8O4/c15-14(16)13-9-5-1-3-7-11(9)17-12-8-4-2-6-10(12)13;1-13-7-4-2-3-6-5-8(10(11)12)14-9(6)7/h1-8,13H,(H,15,16);2-5H,1H3,(H,11,12). The maximum atomic E-state index is 11.4. The monoisotopic (exact) mass is 418 g/mol. The van der Waals surface area contributed by atoms with Gasteiger partial charge in [0.2, 0.25) is 5.76 Å². The first kappa shape index (κ1) is 20.0. The molecule has 0 radical (unpaired) electrons. The summed E-state index contributed by atoms with van der Waals surface area (Å²) in [6.07, 6.45) is 0. The van der Waals surface area contributed by atoms with E-state index in [0.717, 1.165) is 5.39 Å². The summed E-state index contributed by atoms with van der Waals surface area (Å²) in [5.74, 6) is -0.871. The second kappa shape index (κ2) is 8.23. The fourth-order valence-electron chi connectivity index (χ4n) is 3.48. The molecule has 0 aliphatic carbocycles. The van der Waals surface area contributed by atoms with E-state index < -0.39 is 17.9 Å². The van der Waals surface area contributed by atoms with E-state index in [0.29, 0.717) is 34.0 Å². The number of carbonyl (C=O) groups is 2. The summed E-state index contributed by atoms with van der Waals surface area (Å²) in [4.78, 5) is 22.1. The lowest BCUT2D eigenvalue weighted by Crippen LogP contribution is -2.18. The fourth-order valence-corrected chi connectivity index (χ4v) is 3.48. The van der Waals surface area contributed by atoms with Crippen molar-refractivity contribution in [2.75, 3.05) is 7.11 Å². The van der Waals surface area contributed by atoms with Crippen LogP contribution >= 0.6 is 0 Å². The van der Waals surface area contributed by atoms with Crippen LogP contribution in [0.1, 0.15) is 27.6 Å². The number of aromatic carboxylic acids is 1. The number of benzene rings is 3. The average molecular weight is 418 g/mol. The zero-order valence-corrected chi connectivity index (χ0v) is 16.4. The van der Waals surface area contributed by atoms with Crippen molar-refractivity contribution in [2.45, 2.75) is 5.92 Å². The second-order valence-corrected chi connectivity index (χ2v) is 6.74. The van der Waals surface area contributed by atoms with Crippen LogP contribution in [0.4, 0.5) is 0 Å². The molecular weight excluding hydrogens is 400 g/mol. The maximum Gasteiger partial charge on any atom is 0.371 e. The van der Waals surface area contributed by atoms with E-state index >= 15 is 0 Å². The van der Waals surface area contributed by atoms with Crippen LogP contribution in [0.2, 0.25) is 0 Å². The van der Waals surface area contributed by atoms with Gasteiger partial charge in [-0.1, -0.05) is 48.5 Å². The number of rotatable bonds is 3. The highest BCUT2D eigenvalue weighted by atomic mass is 16.5. The molecule has 0 atom stereocenters. The van der Waals surface area contributed by atoms with Gasteiger partial charge < -0.3 is 24.1 Å². The molecule has 5 rings (SSSR count). The minimum absolute atomic E-state index is 0.0792. The normalized spacial score (nSPS) is 12.0. The predicted molar refractivity (Wildman–Crippen MR) is 112 cm³/mol. The Kier molecular flexibility index (Phi) is 5.32. The number of hydrogen-bond acceptors (Lipinski definition) is 5. The third kappa shape index (κ3) is 3.81. The van der Waals surface area contributed by atoms with E-state index in [1.807, 2.05) is 24.3 Å². The van der Waals surface area contributed by atoms with Crippen LogP contribution in [0.3, 0.4) is 0 Å². The number of carboxylic acid groups (broad SMARTS) is 2. The lowest BCUT2D eigenvalue weighted by atomic mass is 9.88. The fraction of sp³-hybridized carbons (Fsp3) is 0.0833. The highest BCUT2D eigenvalue weighted by molar-refractivity contribution is 5.93. The second-order valence-electron chi connectivity index (χ2n) is 6.74. The molecule has 2 N–H and O–H groups in total. The summed E-state index contributed by atoms with van der Waals surface area (Å²) in [7, 11) is 1.51. The molecule has 1 aliphatic rings. The molecule has 0 bridgehead atoms.